The average Bonchev–Trinajstić information content (AvgIpc) is 2.71. The van der Waals surface area contributed by atoms with Crippen molar-refractivity contribution in [1.82, 2.24) is 4.90 Å². The Morgan fingerprint density at radius 3 is 2.45 bits per heavy atom. The van der Waals surface area contributed by atoms with Crippen LogP contribution in [0.3, 0.4) is 0 Å². The molecule has 31 heavy (non-hydrogen) atoms. The van der Waals surface area contributed by atoms with E-state index in [0.717, 1.165) is 18.9 Å². The molecule has 2 aliphatic heterocycles. The minimum atomic E-state index is -0.585. The Morgan fingerprint density at radius 2 is 1.87 bits per heavy atom. The number of fused-ring (bicyclic) bond motifs is 1. The summed E-state index contributed by atoms with van der Waals surface area (Å²) in [7, 11) is 1.27. The fourth-order valence-electron chi connectivity index (χ4n) is 4.29. The molecular weight excluding hydrogens is 403 g/mol. The number of likely N-dealkylation sites (tertiary alicyclic amines) is 1. The fraction of sp³-hybridized carbons (Fsp3) is 0.652. The molecule has 172 valence electrons. The molecule has 1 aromatic rings. The zero-order valence-corrected chi connectivity index (χ0v) is 19.2. The van der Waals surface area contributed by atoms with Gasteiger partial charge < -0.3 is 24.0 Å². The zero-order valence-electron chi connectivity index (χ0n) is 19.2. The Labute approximate surface area is 183 Å². The Bertz CT molecular complexity index is 830. The molecule has 0 aliphatic carbocycles. The summed E-state index contributed by atoms with van der Waals surface area (Å²) < 4.78 is 30.7. The molecule has 0 radical (unpaired) electrons. The summed E-state index contributed by atoms with van der Waals surface area (Å²) in [6.07, 6.45) is 1.17. The number of nitrogens with zero attached hydrogens (tertiary/aromatic N) is 2. The number of ether oxygens (including phenoxy) is 3. The first kappa shape index (κ1) is 23.2. The van der Waals surface area contributed by atoms with E-state index in [-0.39, 0.29) is 29.6 Å². The number of carbonyl (C=O) groups excluding carboxylic acids is 2. The number of anilines is 1. The molecule has 1 fully saturated rings. The molecule has 0 aromatic heterocycles. The first-order chi connectivity index (χ1) is 14.5. The van der Waals surface area contributed by atoms with Gasteiger partial charge in [-0.15, -0.1) is 0 Å². The number of hydrogen-bond acceptors (Lipinski definition) is 6. The molecule has 0 spiro atoms. The highest BCUT2D eigenvalue weighted by Crippen LogP contribution is 2.40. The van der Waals surface area contributed by atoms with Crippen molar-refractivity contribution in [2.75, 3.05) is 31.6 Å². The lowest BCUT2D eigenvalue weighted by molar-refractivity contribution is 0.0174. The van der Waals surface area contributed by atoms with Crippen molar-refractivity contribution < 1.29 is 28.2 Å². The third kappa shape index (κ3) is 5.22. The van der Waals surface area contributed by atoms with Gasteiger partial charge in [0.05, 0.1) is 24.9 Å². The van der Waals surface area contributed by atoms with Gasteiger partial charge >= 0.3 is 12.1 Å². The van der Waals surface area contributed by atoms with Gasteiger partial charge in [0.15, 0.2) is 11.6 Å². The predicted molar refractivity (Wildman–Crippen MR) is 115 cm³/mol. The predicted octanol–water partition coefficient (Wildman–Crippen LogP) is 4.24. The molecule has 0 bridgehead atoms. The van der Waals surface area contributed by atoms with E-state index in [9.17, 15) is 14.0 Å². The number of halogens is 1. The van der Waals surface area contributed by atoms with Gasteiger partial charge in [0.2, 0.25) is 0 Å². The number of esters is 1. The lowest BCUT2D eigenvalue weighted by atomic mass is 9.88. The lowest BCUT2D eigenvalue weighted by Gasteiger charge is -2.44. The van der Waals surface area contributed by atoms with E-state index in [0.29, 0.717) is 31.2 Å². The van der Waals surface area contributed by atoms with Crippen LogP contribution in [0.25, 0.3) is 0 Å². The first-order valence-corrected chi connectivity index (χ1v) is 10.8. The van der Waals surface area contributed by atoms with E-state index in [4.69, 9.17) is 14.2 Å². The average molecular weight is 437 g/mol. The molecule has 1 saturated heterocycles. The number of piperidine rings is 1. The zero-order chi connectivity index (χ0) is 22.9. The van der Waals surface area contributed by atoms with Gasteiger partial charge in [0.25, 0.3) is 0 Å². The molecule has 3 rings (SSSR count). The van der Waals surface area contributed by atoms with Crippen molar-refractivity contribution in [3.63, 3.8) is 0 Å². The number of rotatable bonds is 3. The third-order valence-electron chi connectivity index (χ3n) is 5.89. The van der Waals surface area contributed by atoms with Crippen molar-refractivity contribution in [2.24, 2.45) is 5.92 Å². The van der Waals surface area contributed by atoms with Crippen molar-refractivity contribution in [2.45, 2.75) is 65.2 Å². The molecule has 2 heterocycles. The van der Waals surface area contributed by atoms with Gasteiger partial charge in [-0.3, -0.25) is 0 Å². The molecule has 7 nitrogen and oxygen atoms in total. The smallest absolute Gasteiger partial charge is 0.410 e. The number of carbonyl (C=O) groups is 2. The van der Waals surface area contributed by atoms with Gasteiger partial charge in [-0.25, -0.2) is 14.0 Å². The van der Waals surface area contributed by atoms with Crippen LogP contribution < -0.4 is 9.64 Å². The standard InChI is InChI=1S/C23H33FN2O5/c1-14-13-26(19-12-17(21(27)29-6)11-18(24)20(19)30-14)15(2)16-7-9-25(10-8-16)22(28)31-23(3,4)5/h11-12,14-16H,7-10,13H2,1-6H3/t14-,15-/m0/s1. The van der Waals surface area contributed by atoms with Gasteiger partial charge in [-0.2, -0.15) is 0 Å². The monoisotopic (exact) mass is 436 g/mol. The van der Waals surface area contributed by atoms with Crippen molar-refractivity contribution in [3.8, 4) is 5.75 Å². The largest absolute Gasteiger partial charge is 0.484 e. The summed E-state index contributed by atoms with van der Waals surface area (Å²) in [4.78, 5) is 28.2. The highest BCUT2D eigenvalue weighted by molar-refractivity contribution is 5.91. The molecule has 2 aliphatic rings. The summed E-state index contributed by atoms with van der Waals surface area (Å²) in [5, 5.41) is 0. The Kier molecular flexibility index (Phi) is 6.67. The summed E-state index contributed by atoms with van der Waals surface area (Å²) in [6.45, 7) is 11.4. The van der Waals surface area contributed by atoms with Crippen LogP contribution in [0, 0.1) is 11.7 Å². The molecule has 1 amide bonds. The van der Waals surface area contributed by atoms with Crippen LogP contribution in [0.2, 0.25) is 0 Å². The molecule has 8 heteroatoms. The van der Waals surface area contributed by atoms with Crippen molar-refractivity contribution in [1.29, 1.82) is 0 Å². The van der Waals surface area contributed by atoms with Crippen LogP contribution >= 0.6 is 0 Å². The number of hydrogen-bond donors (Lipinski definition) is 0. The minimum Gasteiger partial charge on any atom is -0.484 e. The Balaban J connectivity index is 1.76. The summed E-state index contributed by atoms with van der Waals surface area (Å²) in [5.74, 6) is -0.675. The maximum Gasteiger partial charge on any atom is 0.410 e. The number of amides is 1. The summed E-state index contributed by atoms with van der Waals surface area (Å²) in [6, 6.07) is 2.88. The van der Waals surface area contributed by atoms with Crippen LogP contribution in [0.5, 0.6) is 5.75 Å². The van der Waals surface area contributed by atoms with Crippen LogP contribution in [-0.2, 0) is 9.47 Å². The minimum absolute atomic E-state index is 0.0817. The van der Waals surface area contributed by atoms with Gasteiger partial charge in [-0.05, 0) is 65.5 Å². The second-order valence-electron chi connectivity index (χ2n) is 9.42. The first-order valence-electron chi connectivity index (χ1n) is 10.8. The normalized spacial score (nSPS) is 20.5. The van der Waals surface area contributed by atoms with Crippen molar-refractivity contribution >= 4 is 17.7 Å². The van der Waals surface area contributed by atoms with Crippen molar-refractivity contribution in [3.05, 3.63) is 23.5 Å². The third-order valence-corrected chi connectivity index (χ3v) is 5.89. The van der Waals surface area contributed by atoms with Crippen LogP contribution in [0.1, 0.15) is 57.8 Å². The quantitative estimate of drug-likeness (QED) is 0.661. The van der Waals surface area contributed by atoms with E-state index in [1.165, 1.54) is 7.11 Å². The van der Waals surface area contributed by atoms with E-state index in [1.807, 2.05) is 27.7 Å². The maximum absolute atomic E-state index is 14.7. The molecule has 2 atom stereocenters. The molecular formula is C23H33FN2O5. The van der Waals surface area contributed by atoms with Crippen LogP contribution in [0.4, 0.5) is 14.9 Å². The molecule has 0 N–H and O–H groups in total. The summed E-state index contributed by atoms with van der Waals surface area (Å²) >= 11 is 0. The van der Waals surface area contributed by atoms with Gasteiger partial charge in [0.1, 0.15) is 11.7 Å². The van der Waals surface area contributed by atoms with Crippen LogP contribution in [0.15, 0.2) is 12.1 Å². The second-order valence-corrected chi connectivity index (χ2v) is 9.42. The topological polar surface area (TPSA) is 68.3 Å². The van der Waals surface area contributed by atoms with Crippen LogP contribution in [-0.4, -0.2) is 61.5 Å². The maximum atomic E-state index is 14.7. The Hall–Kier alpha value is -2.51. The van der Waals surface area contributed by atoms with E-state index in [2.05, 4.69) is 11.8 Å². The summed E-state index contributed by atoms with van der Waals surface area (Å²) in [5.41, 5.74) is 0.213. The fourth-order valence-corrected chi connectivity index (χ4v) is 4.29. The second kappa shape index (κ2) is 8.93. The lowest BCUT2D eigenvalue weighted by Crippen LogP contribution is -2.50. The van der Waals surface area contributed by atoms with Gasteiger partial charge in [-0.1, -0.05) is 0 Å². The Morgan fingerprint density at radius 1 is 1.23 bits per heavy atom. The highest BCUT2D eigenvalue weighted by Gasteiger charge is 2.36. The SMILES string of the molecule is COC(=O)c1cc(F)c2c(c1)N([C@@H](C)C1CCN(C(=O)OC(C)(C)C)CC1)C[C@H](C)O2. The molecule has 1 aromatic carbocycles. The number of methoxy groups -OCH3 is 1. The molecule has 0 unspecified atom stereocenters. The van der Waals surface area contributed by atoms with E-state index < -0.39 is 17.4 Å². The number of benzene rings is 1. The van der Waals surface area contributed by atoms with E-state index >= 15 is 0 Å². The highest BCUT2D eigenvalue weighted by atomic mass is 19.1. The van der Waals surface area contributed by atoms with Gasteiger partial charge in [0, 0.05) is 19.1 Å². The van der Waals surface area contributed by atoms with E-state index in [1.54, 1.807) is 11.0 Å². The molecule has 0 saturated carbocycles.